The molecule has 0 bridgehead atoms. The molecule has 0 spiro atoms. The number of amides is 1. The van der Waals surface area contributed by atoms with Gasteiger partial charge in [-0.3, -0.25) is 4.79 Å². The van der Waals surface area contributed by atoms with Gasteiger partial charge in [-0.25, -0.2) is 0 Å². The van der Waals surface area contributed by atoms with Gasteiger partial charge in [0, 0.05) is 27.3 Å². The highest BCUT2D eigenvalue weighted by atomic mass is 16.5. The number of likely N-dealkylation sites (tertiary alicyclic amines) is 1. The summed E-state index contributed by atoms with van der Waals surface area (Å²) in [6, 6.07) is 0. The summed E-state index contributed by atoms with van der Waals surface area (Å²) in [7, 11) is 3.28. The van der Waals surface area contributed by atoms with Crippen molar-refractivity contribution in [1.29, 1.82) is 0 Å². The number of carbonyl (C=O) groups excluding carboxylic acids is 1. The van der Waals surface area contributed by atoms with Crippen LogP contribution in [0.15, 0.2) is 0 Å². The summed E-state index contributed by atoms with van der Waals surface area (Å²) in [6.07, 6.45) is 1.85. The van der Waals surface area contributed by atoms with Crippen molar-refractivity contribution in [2.24, 2.45) is 0 Å². The molecule has 0 aromatic carbocycles. The number of methoxy groups -OCH3 is 2. The summed E-state index contributed by atoms with van der Waals surface area (Å²) < 4.78 is 10.2. The number of hydrogen-bond donors (Lipinski definition) is 0. The maximum absolute atomic E-state index is 11.7. The van der Waals surface area contributed by atoms with Gasteiger partial charge >= 0.3 is 0 Å². The third-order valence-corrected chi connectivity index (χ3v) is 2.79. The molecule has 1 amide bonds. The fourth-order valence-corrected chi connectivity index (χ4v) is 1.67. The fourth-order valence-electron chi connectivity index (χ4n) is 1.67. The first-order valence-electron chi connectivity index (χ1n) is 5.03. The van der Waals surface area contributed by atoms with Crippen LogP contribution in [0.2, 0.25) is 0 Å². The first kappa shape index (κ1) is 11.5. The van der Waals surface area contributed by atoms with Crippen LogP contribution in [0.25, 0.3) is 0 Å². The van der Waals surface area contributed by atoms with Crippen LogP contribution >= 0.6 is 0 Å². The molecule has 1 saturated heterocycles. The van der Waals surface area contributed by atoms with E-state index in [0.29, 0.717) is 6.10 Å². The van der Waals surface area contributed by atoms with Gasteiger partial charge in [-0.2, -0.15) is 0 Å². The third kappa shape index (κ3) is 2.69. The van der Waals surface area contributed by atoms with Crippen LogP contribution in [0.1, 0.15) is 19.8 Å². The molecule has 0 unspecified atom stereocenters. The van der Waals surface area contributed by atoms with Crippen molar-refractivity contribution in [3.8, 4) is 0 Å². The smallest absolute Gasteiger partial charge is 0.251 e. The zero-order chi connectivity index (χ0) is 10.6. The summed E-state index contributed by atoms with van der Waals surface area (Å²) >= 11 is 0. The average molecular weight is 201 g/mol. The minimum absolute atomic E-state index is 0.0852. The molecule has 4 nitrogen and oxygen atoms in total. The molecule has 14 heavy (non-hydrogen) atoms. The number of nitrogens with zero attached hydrogens (tertiary/aromatic N) is 1. The van der Waals surface area contributed by atoms with Crippen molar-refractivity contribution in [3.05, 3.63) is 0 Å². The predicted octanol–water partition coefficient (Wildman–Crippen LogP) is 0.659. The molecule has 1 atom stereocenters. The quantitative estimate of drug-likeness (QED) is 0.673. The molecule has 0 radical (unpaired) electrons. The Balaban J connectivity index is 2.37. The number of hydrogen-bond acceptors (Lipinski definition) is 3. The summed E-state index contributed by atoms with van der Waals surface area (Å²) in [6.45, 7) is 3.35. The first-order chi connectivity index (χ1) is 6.69. The van der Waals surface area contributed by atoms with E-state index in [2.05, 4.69) is 0 Å². The van der Waals surface area contributed by atoms with Crippen molar-refractivity contribution >= 4 is 5.91 Å². The highest BCUT2D eigenvalue weighted by Crippen LogP contribution is 2.14. The molecule has 1 fully saturated rings. The molecule has 0 aliphatic carbocycles. The predicted molar refractivity (Wildman–Crippen MR) is 53.1 cm³/mol. The molecular weight excluding hydrogens is 182 g/mol. The van der Waals surface area contributed by atoms with E-state index < -0.39 is 0 Å². The molecule has 1 heterocycles. The topological polar surface area (TPSA) is 38.8 Å². The van der Waals surface area contributed by atoms with Gasteiger partial charge in [0.05, 0.1) is 6.10 Å². The number of piperidine rings is 1. The molecular formula is C10H19NO3. The third-order valence-electron chi connectivity index (χ3n) is 2.79. The summed E-state index contributed by atoms with van der Waals surface area (Å²) in [5, 5.41) is 0. The van der Waals surface area contributed by atoms with E-state index >= 15 is 0 Å². The van der Waals surface area contributed by atoms with Crippen LogP contribution < -0.4 is 0 Å². The SMILES string of the molecule is COC1CCN(C(=O)[C@H](C)OC)CC1. The minimum atomic E-state index is -0.325. The Hall–Kier alpha value is -0.610. The fraction of sp³-hybridized carbons (Fsp3) is 0.900. The maximum atomic E-state index is 11.7. The van der Waals surface area contributed by atoms with Gasteiger partial charge in [-0.1, -0.05) is 0 Å². The maximum Gasteiger partial charge on any atom is 0.251 e. The lowest BCUT2D eigenvalue weighted by atomic mass is 10.1. The van der Waals surface area contributed by atoms with Crippen LogP contribution in [-0.2, 0) is 14.3 Å². The molecule has 0 N–H and O–H groups in total. The normalized spacial score (nSPS) is 20.9. The van der Waals surface area contributed by atoms with Gasteiger partial charge in [-0.05, 0) is 19.8 Å². The Morgan fingerprint density at radius 1 is 1.36 bits per heavy atom. The van der Waals surface area contributed by atoms with Gasteiger partial charge in [-0.15, -0.1) is 0 Å². The molecule has 0 aromatic heterocycles. The van der Waals surface area contributed by atoms with Crippen LogP contribution in [0, 0.1) is 0 Å². The van der Waals surface area contributed by atoms with Crippen LogP contribution in [0.4, 0.5) is 0 Å². The molecule has 4 heteroatoms. The number of carbonyl (C=O) groups is 1. The Morgan fingerprint density at radius 3 is 2.36 bits per heavy atom. The molecule has 82 valence electrons. The summed E-state index contributed by atoms with van der Waals surface area (Å²) in [4.78, 5) is 13.5. The van der Waals surface area contributed by atoms with Gasteiger partial charge in [0.15, 0.2) is 0 Å². The zero-order valence-corrected chi connectivity index (χ0v) is 9.16. The number of ether oxygens (including phenoxy) is 2. The van der Waals surface area contributed by atoms with Gasteiger partial charge in [0.25, 0.3) is 5.91 Å². The standard InChI is InChI=1S/C10H19NO3/c1-8(13-2)10(12)11-6-4-9(14-3)5-7-11/h8-9H,4-7H2,1-3H3/t8-/m0/s1. The van der Waals surface area contributed by atoms with Crippen LogP contribution in [0.3, 0.4) is 0 Å². The van der Waals surface area contributed by atoms with Gasteiger partial charge < -0.3 is 14.4 Å². The summed E-state index contributed by atoms with van der Waals surface area (Å²) in [5.41, 5.74) is 0. The summed E-state index contributed by atoms with van der Waals surface area (Å²) in [5.74, 6) is 0.0852. The monoisotopic (exact) mass is 201 g/mol. The minimum Gasteiger partial charge on any atom is -0.381 e. The zero-order valence-electron chi connectivity index (χ0n) is 9.16. The lowest BCUT2D eigenvalue weighted by Gasteiger charge is -2.32. The van der Waals surface area contributed by atoms with Crippen molar-refractivity contribution in [2.75, 3.05) is 27.3 Å². The second-order valence-corrected chi connectivity index (χ2v) is 3.64. The van der Waals surface area contributed by atoms with Crippen LogP contribution in [-0.4, -0.2) is 50.3 Å². The van der Waals surface area contributed by atoms with Crippen molar-refractivity contribution in [2.45, 2.75) is 32.0 Å². The Labute approximate surface area is 85.2 Å². The Morgan fingerprint density at radius 2 is 1.93 bits per heavy atom. The van der Waals surface area contributed by atoms with Crippen molar-refractivity contribution in [1.82, 2.24) is 4.90 Å². The Bertz CT molecular complexity index is 188. The lowest BCUT2D eigenvalue weighted by Crippen LogP contribution is -2.44. The molecule has 1 aliphatic heterocycles. The molecule has 0 aromatic rings. The van der Waals surface area contributed by atoms with Crippen molar-refractivity contribution in [3.63, 3.8) is 0 Å². The lowest BCUT2D eigenvalue weighted by molar-refractivity contribution is -0.143. The van der Waals surface area contributed by atoms with Gasteiger partial charge in [0.2, 0.25) is 0 Å². The molecule has 0 saturated carbocycles. The first-order valence-corrected chi connectivity index (χ1v) is 5.03. The van der Waals surface area contributed by atoms with E-state index in [0.717, 1.165) is 25.9 Å². The van der Waals surface area contributed by atoms with E-state index in [1.54, 1.807) is 21.1 Å². The Kier molecular flexibility index (Phi) is 4.35. The largest absolute Gasteiger partial charge is 0.381 e. The van der Waals surface area contributed by atoms with E-state index in [-0.39, 0.29) is 12.0 Å². The van der Waals surface area contributed by atoms with Crippen LogP contribution in [0.5, 0.6) is 0 Å². The molecule has 1 rings (SSSR count). The van der Waals surface area contributed by atoms with Gasteiger partial charge in [0.1, 0.15) is 6.10 Å². The highest BCUT2D eigenvalue weighted by Gasteiger charge is 2.25. The highest BCUT2D eigenvalue weighted by molar-refractivity contribution is 5.80. The average Bonchev–Trinajstić information content (AvgIpc) is 2.27. The second-order valence-electron chi connectivity index (χ2n) is 3.64. The van der Waals surface area contributed by atoms with Crippen molar-refractivity contribution < 1.29 is 14.3 Å². The molecule has 1 aliphatic rings. The van der Waals surface area contributed by atoms with E-state index in [1.165, 1.54) is 0 Å². The van der Waals surface area contributed by atoms with E-state index in [9.17, 15) is 4.79 Å². The van der Waals surface area contributed by atoms with E-state index in [4.69, 9.17) is 9.47 Å². The number of rotatable bonds is 3. The van der Waals surface area contributed by atoms with E-state index in [1.807, 2.05) is 4.90 Å². The second kappa shape index (κ2) is 5.32.